The van der Waals surface area contributed by atoms with Crippen LogP contribution in [0.15, 0.2) is 47.1 Å². The number of aryl methyl sites for hydroxylation is 1. The number of hydrogen-bond acceptors (Lipinski definition) is 5. The summed E-state index contributed by atoms with van der Waals surface area (Å²) in [6.07, 6.45) is 1.28. The van der Waals surface area contributed by atoms with Crippen molar-refractivity contribution in [2.24, 2.45) is 0 Å². The lowest BCUT2D eigenvalue weighted by molar-refractivity contribution is 0.590. The maximum atomic E-state index is 13.7. The van der Waals surface area contributed by atoms with Crippen LogP contribution in [0, 0.1) is 18.6 Å². The molecule has 3 rings (SSSR count). The van der Waals surface area contributed by atoms with Crippen LogP contribution in [0.1, 0.15) is 5.56 Å². The Morgan fingerprint density at radius 1 is 1.04 bits per heavy atom. The van der Waals surface area contributed by atoms with Crippen molar-refractivity contribution < 1.29 is 8.78 Å². The molecule has 1 heterocycles. The molecule has 0 radical (unpaired) electrons. The Labute approximate surface area is 145 Å². The van der Waals surface area contributed by atoms with Gasteiger partial charge in [0.25, 0.3) is 0 Å². The summed E-state index contributed by atoms with van der Waals surface area (Å²) < 4.78 is 28.3. The number of benzene rings is 2. The Balaban J connectivity index is 1.84. The van der Waals surface area contributed by atoms with E-state index < -0.39 is 11.6 Å². The normalized spacial score (nSPS) is 10.5. The van der Waals surface area contributed by atoms with E-state index in [4.69, 9.17) is 0 Å². The average molecular weight is 392 g/mol. The SMILES string of the molecule is Cc1cc(Br)ccc1Nc1nncc(Nc2c(F)cccc2F)n1. The zero-order valence-corrected chi connectivity index (χ0v) is 14.1. The number of hydrogen-bond donors (Lipinski definition) is 2. The van der Waals surface area contributed by atoms with E-state index in [1.54, 1.807) is 0 Å². The largest absolute Gasteiger partial charge is 0.334 e. The van der Waals surface area contributed by atoms with E-state index in [9.17, 15) is 8.78 Å². The van der Waals surface area contributed by atoms with Crippen LogP contribution in [0.3, 0.4) is 0 Å². The highest BCUT2D eigenvalue weighted by Crippen LogP contribution is 2.24. The van der Waals surface area contributed by atoms with E-state index >= 15 is 0 Å². The fraction of sp³-hybridized carbons (Fsp3) is 0.0625. The highest BCUT2D eigenvalue weighted by Gasteiger charge is 2.10. The van der Waals surface area contributed by atoms with Crippen molar-refractivity contribution in [3.05, 3.63) is 64.3 Å². The van der Waals surface area contributed by atoms with Crippen LogP contribution in [0.25, 0.3) is 0 Å². The molecular weight excluding hydrogens is 380 g/mol. The molecular formula is C16H12BrF2N5. The van der Waals surface area contributed by atoms with Gasteiger partial charge < -0.3 is 10.6 Å². The first-order chi connectivity index (χ1) is 11.5. The Morgan fingerprint density at radius 2 is 1.79 bits per heavy atom. The third kappa shape index (κ3) is 3.65. The molecule has 0 amide bonds. The van der Waals surface area contributed by atoms with Crippen molar-refractivity contribution in [2.45, 2.75) is 6.92 Å². The van der Waals surface area contributed by atoms with Gasteiger partial charge in [-0.3, -0.25) is 0 Å². The first kappa shape index (κ1) is 16.3. The molecule has 0 saturated carbocycles. The van der Waals surface area contributed by atoms with Gasteiger partial charge >= 0.3 is 0 Å². The Bertz CT molecular complexity index is 868. The Kier molecular flexibility index (Phi) is 4.66. The summed E-state index contributed by atoms with van der Waals surface area (Å²) in [5.41, 5.74) is 1.49. The van der Waals surface area contributed by atoms with Gasteiger partial charge in [0.15, 0.2) is 5.82 Å². The van der Waals surface area contributed by atoms with Gasteiger partial charge in [-0.1, -0.05) is 22.0 Å². The van der Waals surface area contributed by atoms with Crippen LogP contribution in [-0.4, -0.2) is 15.2 Å². The quantitative estimate of drug-likeness (QED) is 0.674. The third-order valence-electron chi connectivity index (χ3n) is 3.21. The minimum Gasteiger partial charge on any atom is -0.334 e. The molecule has 8 heteroatoms. The molecule has 0 bridgehead atoms. The molecule has 0 atom stereocenters. The van der Waals surface area contributed by atoms with Crippen LogP contribution in [0.4, 0.5) is 31.9 Å². The highest BCUT2D eigenvalue weighted by molar-refractivity contribution is 9.10. The van der Waals surface area contributed by atoms with Crippen LogP contribution in [0.5, 0.6) is 0 Å². The summed E-state index contributed by atoms with van der Waals surface area (Å²) in [5, 5.41) is 13.3. The van der Waals surface area contributed by atoms with Gasteiger partial charge in [0.1, 0.15) is 17.3 Å². The molecule has 1 aromatic heterocycles. The van der Waals surface area contributed by atoms with Crippen molar-refractivity contribution in [1.82, 2.24) is 15.2 Å². The second-order valence-electron chi connectivity index (χ2n) is 4.97. The van der Waals surface area contributed by atoms with Crippen LogP contribution in [0.2, 0.25) is 0 Å². The van der Waals surface area contributed by atoms with Gasteiger partial charge in [0.05, 0.1) is 6.20 Å². The molecule has 0 saturated heterocycles. The van der Waals surface area contributed by atoms with Crippen molar-refractivity contribution in [3.8, 4) is 0 Å². The van der Waals surface area contributed by atoms with Gasteiger partial charge in [-0.05, 0) is 42.8 Å². The van der Waals surface area contributed by atoms with Gasteiger partial charge in [-0.15, -0.1) is 5.10 Å². The Morgan fingerprint density at radius 3 is 2.50 bits per heavy atom. The van der Waals surface area contributed by atoms with E-state index in [1.165, 1.54) is 12.3 Å². The van der Waals surface area contributed by atoms with Gasteiger partial charge in [-0.25, -0.2) is 8.78 Å². The summed E-state index contributed by atoms with van der Waals surface area (Å²) in [6, 6.07) is 9.28. The monoisotopic (exact) mass is 391 g/mol. The molecule has 0 spiro atoms. The predicted molar refractivity (Wildman–Crippen MR) is 91.6 cm³/mol. The molecule has 122 valence electrons. The summed E-state index contributed by atoms with van der Waals surface area (Å²) >= 11 is 3.39. The number of para-hydroxylation sites is 1. The lowest BCUT2D eigenvalue weighted by Gasteiger charge is -2.10. The van der Waals surface area contributed by atoms with E-state index in [-0.39, 0.29) is 17.5 Å². The predicted octanol–water partition coefficient (Wildman–Crippen LogP) is 4.71. The molecule has 2 N–H and O–H groups in total. The second-order valence-corrected chi connectivity index (χ2v) is 5.89. The summed E-state index contributed by atoms with van der Waals surface area (Å²) in [5.74, 6) is -1.05. The minimum atomic E-state index is -0.716. The minimum absolute atomic E-state index is 0.172. The number of nitrogens with zero attached hydrogens (tertiary/aromatic N) is 3. The van der Waals surface area contributed by atoms with Crippen molar-refractivity contribution in [1.29, 1.82) is 0 Å². The lowest BCUT2D eigenvalue weighted by atomic mass is 10.2. The number of nitrogens with one attached hydrogen (secondary N) is 2. The van der Waals surface area contributed by atoms with Crippen molar-refractivity contribution in [3.63, 3.8) is 0 Å². The topological polar surface area (TPSA) is 62.7 Å². The maximum Gasteiger partial charge on any atom is 0.249 e. The summed E-state index contributed by atoms with van der Waals surface area (Å²) in [6.45, 7) is 1.93. The first-order valence-electron chi connectivity index (χ1n) is 6.97. The summed E-state index contributed by atoms with van der Waals surface area (Å²) in [4.78, 5) is 4.17. The lowest BCUT2D eigenvalue weighted by Crippen LogP contribution is -2.05. The fourth-order valence-corrected chi connectivity index (χ4v) is 2.53. The average Bonchev–Trinajstić information content (AvgIpc) is 2.54. The second kappa shape index (κ2) is 6.88. The molecule has 3 aromatic rings. The van der Waals surface area contributed by atoms with Crippen molar-refractivity contribution >= 4 is 39.1 Å². The van der Waals surface area contributed by atoms with E-state index in [1.807, 2.05) is 25.1 Å². The van der Waals surface area contributed by atoms with Crippen LogP contribution >= 0.6 is 15.9 Å². The molecule has 24 heavy (non-hydrogen) atoms. The maximum absolute atomic E-state index is 13.7. The van der Waals surface area contributed by atoms with Gasteiger partial charge in [0, 0.05) is 10.2 Å². The third-order valence-corrected chi connectivity index (χ3v) is 3.70. The molecule has 2 aromatic carbocycles. The van der Waals surface area contributed by atoms with E-state index in [0.29, 0.717) is 0 Å². The molecule has 0 fully saturated rings. The molecule has 5 nitrogen and oxygen atoms in total. The van der Waals surface area contributed by atoms with Crippen LogP contribution in [-0.2, 0) is 0 Å². The van der Waals surface area contributed by atoms with Crippen molar-refractivity contribution in [2.75, 3.05) is 10.6 Å². The van der Waals surface area contributed by atoms with Crippen LogP contribution < -0.4 is 10.6 Å². The molecule has 0 unspecified atom stereocenters. The smallest absolute Gasteiger partial charge is 0.249 e. The number of rotatable bonds is 4. The van der Waals surface area contributed by atoms with Gasteiger partial charge in [-0.2, -0.15) is 10.1 Å². The van der Waals surface area contributed by atoms with E-state index in [0.717, 1.165) is 27.9 Å². The fourth-order valence-electron chi connectivity index (χ4n) is 2.05. The molecule has 0 aliphatic carbocycles. The molecule has 0 aliphatic rings. The summed E-state index contributed by atoms with van der Waals surface area (Å²) in [7, 11) is 0. The highest BCUT2D eigenvalue weighted by atomic mass is 79.9. The zero-order valence-electron chi connectivity index (χ0n) is 12.5. The number of aromatic nitrogens is 3. The number of anilines is 4. The number of halogens is 3. The Hall–Kier alpha value is -2.61. The molecule has 0 aliphatic heterocycles. The first-order valence-corrected chi connectivity index (χ1v) is 7.76. The zero-order chi connectivity index (χ0) is 17.1. The van der Waals surface area contributed by atoms with E-state index in [2.05, 4.69) is 41.7 Å². The standard InChI is InChI=1S/C16H12BrF2N5/c1-9-7-10(17)5-6-13(9)21-16-23-14(8-20-24-16)22-15-11(18)3-2-4-12(15)19/h2-8H,1H3,(H2,21,22,23,24). The van der Waals surface area contributed by atoms with Gasteiger partial charge in [0.2, 0.25) is 5.95 Å².